The molecule has 0 aromatic heterocycles. The van der Waals surface area contributed by atoms with Crippen molar-refractivity contribution in [1.29, 1.82) is 0 Å². The molecule has 0 fully saturated rings. The predicted molar refractivity (Wildman–Crippen MR) is 69.9 cm³/mol. The molecule has 6 heteroatoms. The molecule has 0 aliphatic rings. The maximum absolute atomic E-state index is 13.5. The molecule has 3 nitrogen and oxygen atoms in total. The Morgan fingerprint density at radius 2 is 1.80 bits per heavy atom. The fraction of sp³-hybridized carbons (Fsp3) is 0.0714. The number of hydrogen-bond donors (Lipinski definition) is 2. The van der Waals surface area contributed by atoms with Gasteiger partial charge in [0, 0.05) is 5.69 Å². The van der Waals surface area contributed by atoms with Crippen molar-refractivity contribution in [2.24, 2.45) is 0 Å². The number of rotatable bonds is 2. The molecule has 0 heterocycles. The van der Waals surface area contributed by atoms with Gasteiger partial charge in [0.25, 0.3) is 5.91 Å². The smallest absolute Gasteiger partial charge is 0.258 e. The van der Waals surface area contributed by atoms with Crippen molar-refractivity contribution in [3.05, 3.63) is 58.9 Å². The highest BCUT2D eigenvalue weighted by Gasteiger charge is 2.18. The van der Waals surface area contributed by atoms with Crippen molar-refractivity contribution in [3.63, 3.8) is 0 Å². The average Bonchev–Trinajstić information content (AvgIpc) is 2.39. The first kappa shape index (κ1) is 13.9. The van der Waals surface area contributed by atoms with Crippen LogP contribution in [0.1, 0.15) is 15.9 Å². The number of hydrogen-bond acceptors (Lipinski definition) is 2. The number of benzene rings is 2. The molecule has 0 bridgehead atoms. The minimum atomic E-state index is -1.64. The highest BCUT2D eigenvalue weighted by molar-refractivity contribution is 6.08. The summed E-state index contributed by atoms with van der Waals surface area (Å²) in [6.45, 7) is 1.66. The summed E-state index contributed by atoms with van der Waals surface area (Å²) in [6, 6.07) is 6.52. The van der Waals surface area contributed by atoms with Crippen LogP contribution in [0.3, 0.4) is 0 Å². The van der Waals surface area contributed by atoms with Gasteiger partial charge in [0.05, 0.1) is 11.3 Å². The Kier molecular flexibility index (Phi) is 3.65. The molecule has 0 radical (unpaired) electrons. The summed E-state index contributed by atoms with van der Waals surface area (Å²) in [5.74, 6) is -5.10. The van der Waals surface area contributed by atoms with Crippen LogP contribution >= 0.6 is 0 Å². The Hall–Kier alpha value is -2.50. The van der Waals surface area contributed by atoms with Crippen LogP contribution in [0.4, 0.5) is 24.5 Å². The van der Waals surface area contributed by atoms with Crippen molar-refractivity contribution < 1.29 is 18.0 Å². The Morgan fingerprint density at radius 1 is 1.10 bits per heavy atom. The fourth-order valence-electron chi connectivity index (χ4n) is 1.81. The molecule has 0 unspecified atom stereocenters. The van der Waals surface area contributed by atoms with E-state index in [0.717, 1.165) is 12.1 Å². The average molecular weight is 280 g/mol. The SMILES string of the molecule is Cc1cccc(N)c1C(=O)Nc1ccc(F)c(F)c1F. The molecule has 2 rings (SSSR count). The maximum atomic E-state index is 13.5. The van der Waals surface area contributed by atoms with Gasteiger partial charge in [-0.05, 0) is 30.7 Å². The molecule has 0 aliphatic heterocycles. The van der Waals surface area contributed by atoms with E-state index in [-0.39, 0.29) is 11.3 Å². The summed E-state index contributed by atoms with van der Waals surface area (Å²) in [7, 11) is 0. The van der Waals surface area contributed by atoms with E-state index in [4.69, 9.17) is 5.73 Å². The van der Waals surface area contributed by atoms with Crippen LogP contribution in [0.25, 0.3) is 0 Å². The number of nitrogen functional groups attached to an aromatic ring is 1. The number of halogens is 3. The lowest BCUT2D eigenvalue weighted by molar-refractivity contribution is 0.102. The highest BCUT2D eigenvalue weighted by Crippen LogP contribution is 2.22. The van der Waals surface area contributed by atoms with Crippen molar-refractivity contribution in [2.45, 2.75) is 6.92 Å². The standard InChI is InChI=1S/C14H11F3N2O/c1-7-3-2-4-9(18)11(7)14(20)19-10-6-5-8(15)12(16)13(10)17/h2-6H,18H2,1H3,(H,19,20). The number of carbonyl (C=O) groups excluding carboxylic acids is 1. The largest absolute Gasteiger partial charge is 0.398 e. The third-order valence-corrected chi connectivity index (χ3v) is 2.82. The first-order valence-electron chi connectivity index (χ1n) is 5.71. The number of amides is 1. The zero-order valence-corrected chi connectivity index (χ0v) is 10.5. The summed E-state index contributed by atoms with van der Waals surface area (Å²) < 4.78 is 39.4. The molecule has 2 aromatic rings. The van der Waals surface area contributed by atoms with E-state index in [2.05, 4.69) is 5.32 Å². The van der Waals surface area contributed by atoms with Crippen molar-refractivity contribution in [1.82, 2.24) is 0 Å². The van der Waals surface area contributed by atoms with Crippen LogP contribution in [-0.2, 0) is 0 Å². The van der Waals surface area contributed by atoms with E-state index in [1.54, 1.807) is 19.1 Å². The van der Waals surface area contributed by atoms with Crippen LogP contribution in [0, 0.1) is 24.4 Å². The van der Waals surface area contributed by atoms with Crippen LogP contribution in [-0.4, -0.2) is 5.91 Å². The van der Waals surface area contributed by atoms with E-state index in [1.807, 2.05) is 0 Å². The number of nitrogens with two attached hydrogens (primary N) is 1. The van der Waals surface area contributed by atoms with Gasteiger partial charge in [0.1, 0.15) is 0 Å². The summed E-state index contributed by atoms with van der Waals surface area (Å²) in [4.78, 5) is 12.0. The summed E-state index contributed by atoms with van der Waals surface area (Å²) in [6.07, 6.45) is 0. The molecule has 20 heavy (non-hydrogen) atoms. The van der Waals surface area contributed by atoms with E-state index < -0.39 is 29.0 Å². The van der Waals surface area contributed by atoms with Gasteiger partial charge in [-0.2, -0.15) is 0 Å². The van der Waals surface area contributed by atoms with Crippen molar-refractivity contribution >= 4 is 17.3 Å². The van der Waals surface area contributed by atoms with E-state index >= 15 is 0 Å². The van der Waals surface area contributed by atoms with Gasteiger partial charge in [-0.1, -0.05) is 12.1 Å². The van der Waals surface area contributed by atoms with Gasteiger partial charge in [0.2, 0.25) is 0 Å². The van der Waals surface area contributed by atoms with Gasteiger partial charge in [0.15, 0.2) is 17.5 Å². The Morgan fingerprint density at radius 3 is 2.45 bits per heavy atom. The first-order chi connectivity index (χ1) is 9.41. The second kappa shape index (κ2) is 5.24. The molecule has 0 aliphatic carbocycles. The second-order valence-electron chi connectivity index (χ2n) is 4.22. The Bertz CT molecular complexity index is 666. The molecule has 1 amide bonds. The van der Waals surface area contributed by atoms with Gasteiger partial charge in [-0.3, -0.25) is 4.79 Å². The van der Waals surface area contributed by atoms with Gasteiger partial charge in [-0.15, -0.1) is 0 Å². The molecule has 0 saturated heterocycles. The lowest BCUT2D eigenvalue weighted by Crippen LogP contribution is -2.17. The second-order valence-corrected chi connectivity index (χ2v) is 4.22. The maximum Gasteiger partial charge on any atom is 0.258 e. The van der Waals surface area contributed by atoms with Crippen LogP contribution in [0.15, 0.2) is 30.3 Å². The number of nitrogens with one attached hydrogen (secondary N) is 1. The zero-order chi connectivity index (χ0) is 14.9. The van der Waals surface area contributed by atoms with Gasteiger partial charge >= 0.3 is 0 Å². The van der Waals surface area contributed by atoms with Gasteiger partial charge in [-0.25, -0.2) is 13.2 Å². The summed E-state index contributed by atoms with van der Waals surface area (Å²) in [5, 5.41) is 2.18. The quantitative estimate of drug-likeness (QED) is 0.655. The lowest BCUT2D eigenvalue weighted by Gasteiger charge is -2.11. The summed E-state index contributed by atoms with van der Waals surface area (Å²) in [5.41, 5.74) is 6.20. The molecule has 0 atom stereocenters. The predicted octanol–water partition coefficient (Wildman–Crippen LogP) is 3.25. The van der Waals surface area contributed by atoms with E-state index in [1.165, 1.54) is 6.07 Å². The number of anilines is 2. The lowest BCUT2D eigenvalue weighted by atomic mass is 10.1. The van der Waals surface area contributed by atoms with Gasteiger partial charge < -0.3 is 11.1 Å². The van der Waals surface area contributed by atoms with E-state index in [9.17, 15) is 18.0 Å². The minimum Gasteiger partial charge on any atom is -0.398 e. The third-order valence-electron chi connectivity index (χ3n) is 2.82. The first-order valence-corrected chi connectivity index (χ1v) is 5.71. The Labute approximate surface area is 113 Å². The highest BCUT2D eigenvalue weighted by atomic mass is 19.2. The van der Waals surface area contributed by atoms with Crippen LogP contribution < -0.4 is 11.1 Å². The fourth-order valence-corrected chi connectivity index (χ4v) is 1.81. The minimum absolute atomic E-state index is 0.164. The molecular weight excluding hydrogens is 269 g/mol. The van der Waals surface area contributed by atoms with E-state index in [0.29, 0.717) is 5.56 Å². The normalized spacial score (nSPS) is 10.4. The third kappa shape index (κ3) is 2.45. The van der Waals surface area contributed by atoms with Crippen molar-refractivity contribution in [3.8, 4) is 0 Å². The van der Waals surface area contributed by atoms with Crippen molar-refractivity contribution in [2.75, 3.05) is 11.1 Å². The molecular formula is C14H11F3N2O. The molecule has 104 valence electrons. The molecule has 0 saturated carbocycles. The number of carbonyl (C=O) groups is 1. The monoisotopic (exact) mass is 280 g/mol. The molecule has 3 N–H and O–H groups in total. The van der Waals surface area contributed by atoms with Crippen LogP contribution in [0.5, 0.6) is 0 Å². The molecule has 2 aromatic carbocycles. The summed E-state index contributed by atoms with van der Waals surface area (Å²) >= 11 is 0. The Balaban J connectivity index is 2.36. The van der Waals surface area contributed by atoms with Crippen LogP contribution in [0.2, 0.25) is 0 Å². The topological polar surface area (TPSA) is 55.1 Å². The zero-order valence-electron chi connectivity index (χ0n) is 10.5. The molecule has 0 spiro atoms. The number of aryl methyl sites for hydroxylation is 1.